The molecule has 2 N–H and O–H groups in total. The van der Waals surface area contributed by atoms with E-state index in [1.54, 1.807) is 0 Å². The molecule has 0 fully saturated rings. The first-order valence-corrected chi connectivity index (χ1v) is 6.99. The van der Waals surface area contributed by atoms with E-state index in [0.29, 0.717) is 5.52 Å². The molecule has 2 rings (SSSR count). The second-order valence-corrected chi connectivity index (χ2v) is 5.35. The van der Waals surface area contributed by atoms with Gasteiger partial charge in [-0.25, -0.2) is 13.6 Å². The van der Waals surface area contributed by atoms with Crippen molar-refractivity contribution in [1.82, 2.24) is 9.88 Å². The van der Waals surface area contributed by atoms with Crippen molar-refractivity contribution in [2.75, 3.05) is 0 Å². The lowest BCUT2D eigenvalue weighted by Crippen LogP contribution is -2.42. The molecule has 1 aromatic carbocycles. The van der Waals surface area contributed by atoms with E-state index in [1.165, 1.54) is 17.7 Å². The minimum absolute atomic E-state index is 0.114. The van der Waals surface area contributed by atoms with Crippen LogP contribution < -0.4 is 5.32 Å². The summed E-state index contributed by atoms with van der Waals surface area (Å²) < 4.78 is 64.2. The maximum atomic E-state index is 12.7. The minimum atomic E-state index is -4.56. The summed E-state index contributed by atoms with van der Waals surface area (Å²) in [5.41, 5.74) is -0.743. The highest BCUT2D eigenvalue weighted by Gasteiger charge is 2.31. The van der Waals surface area contributed by atoms with Gasteiger partial charge < -0.3 is 15.0 Å². The van der Waals surface area contributed by atoms with E-state index in [9.17, 15) is 31.5 Å². The van der Waals surface area contributed by atoms with Crippen molar-refractivity contribution in [3.8, 4) is 0 Å². The van der Waals surface area contributed by atoms with Crippen molar-refractivity contribution in [3.63, 3.8) is 0 Å². The zero-order valence-electron chi connectivity index (χ0n) is 12.8. The van der Waals surface area contributed by atoms with E-state index < -0.39 is 42.5 Å². The lowest BCUT2D eigenvalue weighted by molar-refractivity contribution is -0.140. The number of benzene rings is 1. The molecule has 1 unspecified atom stereocenters. The molecule has 2 aromatic rings. The average Bonchev–Trinajstić information content (AvgIpc) is 2.82. The average molecular weight is 364 g/mol. The number of hydrogen-bond acceptors (Lipinski definition) is 2. The predicted octanol–water partition coefficient (Wildman–Crippen LogP) is 3.04. The number of carbonyl (C=O) groups is 2. The van der Waals surface area contributed by atoms with Crippen molar-refractivity contribution in [1.29, 1.82) is 0 Å². The highest BCUT2D eigenvalue weighted by molar-refractivity contribution is 6.00. The van der Waals surface area contributed by atoms with Crippen LogP contribution in [0.2, 0.25) is 0 Å². The number of aliphatic carboxylic acids is 1. The van der Waals surface area contributed by atoms with Gasteiger partial charge in [0.25, 0.3) is 5.91 Å². The van der Waals surface area contributed by atoms with Crippen LogP contribution >= 0.6 is 0 Å². The van der Waals surface area contributed by atoms with Gasteiger partial charge in [0, 0.05) is 24.4 Å². The fraction of sp³-hybridized carbons (Fsp3) is 0.333. The number of hydrogen-bond donors (Lipinski definition) is 2. The van der Waals surface area contributed by atoms with Gasteiger partial charge in [0.1, 0.15) is 11.7 Å². The largest absolute Gasteiger partial charge is 0.480 e. The number of carboxylic acids is 1. The molecule has 10 heteroatoms. The van der Waals surface area contributed by atoms with Crippen molar-refractivity contribution < 1.29 is 36.6 Å². The lowest BCUT2D eigenvalue weighted by atomic mass is 10.1. The summed E-state index contributed by atoms with van der Waals surface area (Å²) in [6.07, 6.45) is -8.58. The number of aryl methyl sites for hydroxylation is 1. The predicted molar refractivity (Wildman–Crippen MR) is 77.4 cm³/mol. The fourth-order valence-electron chi connectivity index (χ4n) is 2.38. The van der Waals surface area contributed by atoms with Gasteiger partial charge in [-0.2, -0.15) is 13.2 Å². The molecule has 1 atom stereocenters. The molecule has 0 aliphatic rings. The van der Waals surface area contributed by atoms with Crippen LogP contribution in [0.3, 0.4) is 0 Å². The van der Waals surface area contributed by atoms with Crippen LogP contribution in [-0.4, -0.2) is 34.0 Å². The fourth-order valence-corrected chi connectivity index (χ4v) is 2.38. The van der Waals surface area contributed by atoms with Gasteiger partial charge in [-0.05, 0) is 24.3 Å². The van der Waals surface area contributed by atoms with Crippen molar-refractivity contribution in [2.24, 2.45) is 7.05 Å². The van der Waals surface area contributed by atoms with Crippen molar-refractivity contribution in [2.45, 2.75) is 25.1 Å². The Kier molecular flexibility index (Phi) is 5.00. The molecular formula is C15H13F5N2O3. The summed E-state index contributed by atoms with van der Waals surface area (Å²) in [5.74, 6) is -2.60. The molecular weight excluding hydrogens is 351 g/mol. The molecule has 25 heavy (non-hydrogen) atoms. The van der Waals surface area contributed by atoms with E-state index in [0.717, 1.165) is 18.2 Å². The van der Waals surface area contributed by atoms with Crippen LogP contribution in [0, 0.1) is 0 Å². The normalized spacial score (nSPS) is 13.2. The molecule has 136 valence electrons. The molecule has 0 bridgehead atoms. The molecule has 0 aliphatic heterocycles. The third kappa shape index (κ3) is 4.06. The molecule has 0 radical (unpaired) electrons. The molecule has 1 amide bonds. The second kappa shape index (κ2) is 6.69. The summed E-state index contributed by atoms with van der Waals surface area (Å²) >= 11 is 0. The quantitative estimate of drug-likeness (QED) is 0.802. The maximum Gasteiger partial charge on any atom is 0.416 e. The topological polar surface area (TPSA) is 71.3 Å². The lowest BCUT2D eigenvalue weighted by Gasteiger charge is -2.14. The standard InChI is InChI=1S/C15H13F5N2O3/c1-22-10-3-2-8(15(18,19)20)4-7(10)5-11(22)13(23)21-9(14(24)25)6-12(16)17/h2-5,9,12H,6H2,1H3,(H,21,23)(H,24,25). The monoisotopic (exact) mass is 364 g/mol. The first kappa shape index (κ1) is 18.7. The number of carboxylic acid groups (broad SMARTS) is 1. The number of aromatic nitrogens is 1. The van der Waals surface area contributed by atoms with E-state index in [1.807, 2.05) is 5.32 Å². The summed E-state index contributed by atoms with van der Waals surface area (Å²) in [6, 6.07) is 2.20. The summed E-state index contributed by atoms with van der Waals surface area (Å²) in [5, 5.41) is 10.9. The van der Waals surface area contributed by atoms with Crippen LogP contribution in [0.1, 0.15) is 22.5 Å². The molecule has 1 heterocycles. The third-order valence-electron chi connectivity index (χ3n) is 3.62. The maximum absolute atomic E-state index is 12.7. The highest BCUT2D eigenvalue weighted by atomic mass is 19.4. The number of nitrogens with one attached hydrogen (secondary N) is 1. The van der Waals surface area contributed by atoms with Gasteiger partial charge in [-0.3, -0.25) is 4.79 Å². The summed E-state index contributed by atoms with van der Waals surface area (Å²) in [7, 11) is 1.40. The Hall–Kier alpha value is -2.65. The molecule has 0 saturated heterocycles. The second-order valence-electron chi connectivity index (χ2n) is 5.35. The molecule has 0 saturated carbocycles. The van der Waals surface area contributed by atoms with Crippen LogP contribution in [-0.2, 0) is 18.0 Å². The van der Waals surface area contributed by atoms with Crippen molar-refractivity contribution in [3.05, 3.63) is 35.5 Å². The van der Waals surface area contributed by atoms with Crippen LogP contribution in [0.15, 0.2) is 24.3 Å². The first-order valence-electron chi connectivity index (χ1n) is 6.99. The zero-order valence-corrected chi connectivity index (χ0v) is 12.8. The number of fused-ring (bicyclic) bond motifs is 1. The molecule has 0 aliphatic carbocycles. The van der Waals surface area contributed by atoms with E-state index in [2.05, 4.69) is 0 Å². The van der Waals surface area contributed by atoms with E-state index in [-0.39, 0.29) is 11.1 Å². The van der Waals surface area contributed by atoms with Gasteiger partial charge in [0.2, 0.25) is 6.43 Å². The number of halogens is 5. The zero-order chi connectivity index (χ0) is 18.9. The number of nitrogens with zero attached hydrogens (tertiary/aromatic N) is 1. The Balaban J connectivity index is 2.35. The SMILES string of the molecule is Cn1c(C(=O)NC(CC(F)F)C(=O)O)cc2cc(C(F)(F)F)ccc21. The van der Waals surface area contributed by atoms with Crippen LogP contribution in [0.25, 0.3) is 10.9 Å². The smallest absolute Gasteiger partial charge is 0.416 e. The van der Waals surface area contributed by atoms with Crippen LogP contribution in [0.5, 0.6) is 0 Å². The van der Waals surface area contributed by atoms with Gasteiger partial charge in [-0.15, -0.1) is 0 Å². The van der Waals surface area contributed by atoms with Gasteiger partial charge in [0.15, 0.2) is 0 Å². The van der Waals surface area contributed by atoms with Crippen LogP contribution in [0.4, 0.5) is 22.0 Å². The number of amides is 1. The molecule has 5 nitrogen and oxygen atoms in total. The molecule has 0 spiro atoms. The first-order chi connectivity index (χ1) is 11.5. The number of alkyl halides is 5. The Morgan fingerprint density at radius 3 is 2.40 bits per heavy atom. The van der Waals surface area contributed by atoms with Gasteiger partial charge in [-0.1, -0.05) is 0 Å². The third-order valence-corrected chi connectivity index (χ3v) is 3.62. The Morgan fingerprint density at radius 1 is 1.24 bits per heavy atom. The Bertz CT molecular complexity index is 813. The molecule has 1 aromatic heterocycles. The Morgan fingerprint density at radius 2 is 1.88 bits per heavy atom. The summed E-state index contributed by atoms with van der Waals surface area (Å²) in [4.78, 5) is 23.1. The van der Waals surface area contributed by atoms with E-state index >= 15 is 0 Å². The Labute approximate surface area is 138 Å². The number of carbonyl (C=O) groups excluding carboxylic acids is 1. The van der Waals surface area contributed by atoms with E-state index in [4.69, 9.17) is 5.11 Å². The highest BCUT2D eigenvalue weighted by Crippen LogP contribution is 2.32. The number of rotatable bonds is 5. The van der Waals surface area contributed by atoms with Gasteiger partial charge >= 0.3 is 12.1 Å². The van der Waals surface area contributed by atoms with Gasteiger partial charge in [0.05, 0.1) is 5.56 Å². The summed E-state index contributed by atoms with van der Waals surface area (Å²) in [6.45, 7) is 0. The minimum Gasteiger partial charge on any atom is -0.480 e. The van der Waals surface area contributed by atoms with Crippen molar-refractivity contribution >= 4 is 22.8 Å².